The van der Waals surface area contributed by atoms with Gasteiger partial charge >= 0.3 is 0 Å². The Labute approximate surface area is 363 Å². The molecule has 0 saturated carbocycles. The van der Waals surface area contributed by atoms with Gasteiger partial charge in [0, 0.05) is 6.42 Å². The zero-order valence-corrected chi connectivity index (χ0v) is 39.1. The number of carbonyl (C=O) groups excluding carboxylic acids is 1. The van der Waals surface area contributed by atoms with E-state index in [1.54, 1.807) is 0 Å². The summed E-state index contributed by atoms with van der Waals surface area (Å²) in [6.45, 7) is 4.26. The molecule has 58 heavy (non-hydrogen) atoms. The molecule has 0 bridgehead atoms. The summed E-state index contributed by atoms with van der Waals surface area (Å²) in [4.78, 5) is 12.5. The van der Waals surface area contributed by atoms with Crippen molar-refractivity contribution in [1.82, 2.24) is 5.32 Å². The first-order chi connectivity index (χ1) is 28.7. The number of aliphatic hydroxyl groups is 2. The highest BCUT2D eigenvalue weighted by Gasteiger charge is 2.20. The Hall–Kier alpha value is -1.65. The standard InChI is InChI=1S/C54H101NO3/c1-3-5-7-9-11-13-15-17-19-21-23-25-26-27-28-30-31-33-35-37-39-41-43-45-47-49-53(57)52(51-56)55-54(58)50-48-46-44-42-40-38-36-34-32-29-24-22-20-18-16-14-12-10-8-6-4-2/h6,8,12,14,18,20,24,29,52-53,56-57H,3-5,7,9-11,13,15-17,19,21-23,25-28,30-51H2,1-2H3,(H,55,58)/b8-6-,14-12-,20-18-,29-24-. The van der Waals surface area contributed by atoms with Gasteiger partial charge in [-0.15, -0.1) is 0 Å². The van der Waals surface area contributed by atoms with Crippen LogP contribution in [-0.2, 0) is 4.79 Å². The van der Waals surface area contributed by atoms with Crippen LogP contribution in [-0.4, -0.2) is 34.9 Å². The van der Waals surface area contributed by atoms with Gasteiger partial charge in [0.1, 0.15) is 0 Å². The summed E-state index contributed by atoms with van der Waals surface area (Å²) in [5, 5.41) is 23.3. The van der Waals surface area contributed by atoms with Gasteiger partial charge in [0.25, 0.3) is 0 Å². The van der Waals surface area contributed by atoms with Gasteiger partial charge in [0.2, 0.25) is 5.91 Å². The van der Waals surface area contributed by atoms with Gasteiger partial charge in [-0.3, -0.25) is 4.79 Å². The van der Waals surface area contributed by atoms with Crippen molar-refractivity contribution in [3.63, 3.8) is 0 Å². The van der Waals surface area contributed by atoms with E-state index in [0.717, 1.165) is 51.4 Å². The molecular formula is C54H101NO3. The van der Waals surface area contributed by atoms with E-state index in [1.165, 1.54) is 193 Å². The molecule has 0 aliphatic carbocycles. The van der Waals surface area contributed by atoms with Crippen LogP contribution in [0.3, 0.4) is 0 Å². The van der Waals surface area contributed by atoms with E-state index in [0.29, 0.717) is 12.8 Å². The van der Waals surface area contributed by atoms with Gasteiger partial charge in [0.05, 0.1) is 18.8 Å². The molecule has 0 heterocycles. The van der Waals surface area contributed by atoms with E-state index in [9.17, 15) is 15.0 Å². The molecule has 4 nitrogen and oxygen atoms in total. The summed E-state index contributed by atoms with van der Waals surface area (Å²) in [5.41, 5.74) is 0. The molecule has 340 valence electrons. The monoisotopic (exact) mass is 812 g/mol. The molecule has 4 heteroatoms. The molecule has 0 rings (SSSR count). The Bertz CT molecular complexity index is 923. The molecule has 0 spiro atoms. The van der Waals surface area contributed by atoms with Crippen molar-refractivity contribution >= 4 is 5.91 Å². The van der Waals surface area contributed by atoms with Crippen molar-refractivity contribution < 1.29 is 15.0 Å². The molecule has 2 unspecified atom stereocenters. The Morgan fingerprint density at radius 2 is 0.759 bits per heavy atom. The number of allylic oxidation sites excluding steroid dienone is 8. The molecule has 0 aromatic heterocycles. The van der Waals surface area contributed by atoms with E-state index >= 15 is 0 Å². The third-order valence-corrected chi connectivity index (χ3v) is 11.9. The minimum absolute atomic E-state index is 0.0382. The Morgan fingerprint density at radius 3 is 1.14 bits per heavy atom. The summed E-state index contributed by atoms with van der Waals surface area (Å²) < 4.78 is 0. The smallest absolute Gasteiger partial charge is 0.220 e. The third kappa shape index (κ3) is 45.4. The lowest BCUT2D eigenvalue weighted by Gasteiger charge is -2.22. The van der Waals surface area contributed by atoms with Crippen LogP contribution in [0.1, 0.15) is 271 Å². The van der Waals surface area contributed by atoms with Crippen LogP contribution in [0.15, 0.2) is 48.6 Å². The van der Waals surface area contributed by atoms with Gasteiger partial charge in [-0.1, -0.05) is 262 Å². The number of amides is 1. The third-order valence-electron chi connectivity index (χ3n) is 11.9. The highest BCUT2D eigenvalue weighted by atomic mass is 16.3. The number of aliphatic hydroxyl groups excluding tert-OH is 2. The summed E-state index contributed by atoms with van der Waals surface area (Å²) in [6.07, 6.45) is 67.9. The van der Waals surface area contributed by atoms with Crippen LogP contribution < -0.4 is 5.32 Å². The predicted octanol–water partition coefficient (Wildman–Crippen LogP) is 16.7. The number of rotatable bonds is 47. The second-order valence-electron chi connectivity index (χ2n) is 17.6. The Kier molecular flexibility index (Phi) is 48.3. The van der Waals surface area contributed by atoms with E-state index in [2.05, 4.69) is 67.8 Å². The minimum Gasteiger partial charge on any atom is -0.394 e. The molecule has 0 aromatic carbocycles. The van der Waals surface area contributed by atoms with E-state index < -0.39 is 12.1 Å². The maximum atomic E-state index is 12.5. The van der Waals surface area contributed by atoms with Gasteiger partial charge < -0.3 is 15.5 Å². The maximum Gasteiger partial charge on any atom is 0.220 e. The molecule has 1 amide bonds. The molecule has 0 aromatic rings. The van der Waals surface area contributed by atoms with Crippen LogP contribution >= 0.6 is 0 Å². The van der Waals surface area contributed by atoms with E-state index in [1.807, 2.05) is 0 Å². The van der Waals surface area contributed by atoms with Crippen molar-refractivity contribution in [1.29, 1.82) is 0 Å². The topological polar surface area (TPSA) is 69.6 Å². The molecule has 0 aliphatic heterocycles. The first-order valence-corrected chi connectivity index (χ1v) is 25.8. The zero-order valence-electron chi connectivity index (χ0n) is 39.1. The van der Waals surface area contributed by atoms with Crippen LogP contribution in [0.5, 0.6) is 0 Å². The van der Waals surface area contributed by atoms with E-state index in [4.69, 9.17) is 0 Å². The summed E-state index contributed by atoms with van der Waals surface area (Å²) in [6, 6.07) is -0.543. The van der Waals surface area contributed by atoms with Gasteiger partial charge in [-0.25, -0.2) is 0 Å². The van der Waals surface area contributed by atoms with Crippen molar-refractivity contribution in [3.05, 3.63) is 48.6 Å². The second-order valence-corrected chi connectivity index (χ2v) is 17.6. The molecule has 0 saturated heterocycles. The fourth-order valence-corrected chi connectivity index (χ4v) is 7.94. The lowest BCUT2D eigenvalue weighted by molar-refractivity contribution is -0.123. The lowest BCUT2D eigenvalue weighted by Crippen LogP contribution is -2.45. The van der Waals surface area contributed by atoms with E-state index in [-0.39, 0.29) is 12.5 Å². The first-order valence-electron chi connectivity index (χ1n) is 25.8. The molecule has 0 fully saturated rings. The average Bonchev–Trinajstić information content (AvgIpc) is 3.23. The van der Waals surface area contributed by atoms with Crippen molar-refractivity contribution in [2.75, 3.05) is 6.61 Å². The largest absolute Gasteiger partial charge is 0.394 e. The van der Waals surface area contributed by atoms with Crippen LogP contribution in [0.2, 0.25) is 0 Å². The quantitative estimate of drug-likeness (QED) is 0.0423. The van der Waals surface area contributed by atoms with Crippen molar-refractivity contribution in [3.8, 4) is 0 Å². The lowest BCUT2D eigenvalue weighted by atomic mass is 10.0. The molecule has 0 aliphatic rings. The number of hydrogen-bond donors (Lipinski definition) is 3. The Morgan fingerprint density at radius 1 is 0.431 bits per heavy atom. The van der Waals surface area contributed by atoms with Crippen molar-refractivity contribution in [2.45, 2.75) is 283 Å². The van der Waals surface area contributed by atoms with Gasteiger partial charge in [-0.05, 0) is 51.4 Å². The highest BCUT2D eigenvalue weighted by Crippen LogP contribution is 2.17. The number of hydrogen-bond acceptors (Lipinski definition) is 3. The molecular weight excluding hydrogens is 711 g/mol. The van der Waals surface area contributed by atoms with Gasteiger partial charge in [-0.2, -0.15) is 0 Å². The number of carbonyl (C=O) groups is 1. The molecule has 2 atom stereocenters. The Balaban J connectivity index is 3.48. The van der Waals surface area contributed by atoms with Crippen LogP contribution in [0.25, 0.3) is 0 Å². The summed E-state index contributed by atoms with van der Waals surface area (Å²) in [7, 11) is 0. The highest BCUT2D eigenvalue weighted by molar-refractivity contribution is 5.76. The first kappa shape index (κ1) is 56.4. The van der Waals surface area contributed by atoms with Gasteiger partial charge in [0.15, 0.2) is 0 Å². The molecule has 0 radical (unpaired) electrons. The average molecular weight is 812 g/mol. The van der Waals surface area contributed by atoms with Crippen molar-refractivity contribution in [2.24, 2.45) is 0 Å². The predicted molar refractivity (Wildman–Crippen MR) is 258 cm³/mol. The summed E-state index contributed by atoms with van der Waals surface area (Å²) in [5.74, 6) is -0.0382. The SMILES string of the molecule is CC/C=C\C/C=C\C/C=C\C/C=C\CCCCCCCCCCC(=O)NC(CO)C(O)CCCCCCCCCCCCCCCCCCCCCCCCCCC. The minimum atomic E-state index is -0.665. The fraction of sp³-hybridized carbons (Fsp3) is 0.833. The second kappa shape index (κ2) is 49.7. The van der Waals surface area contributed by atoms with Crippen LogP contribution in [0, 0.1) is 0 Å². The zero-order chi connectivity index (χ0) is 42.1. The molecule has 3 N–H and O–H groups in total. The summed E-state index contributed by atoms with van der Waals surface area (Å²) >= 11 is 0. The number of nitrogens with one attached hydrogen (secondary N) is 1. The normalized spacial score (nSPS) is 13.2. The fourth-order valence-electron chi connectivity index (χ4n) is 7.94. The maximum absolute atomic E-state index is 12.5. The van der Waals surface area contributed by atoms with Crippen LogP contribution in [0.4, 0.5) is 0 Å². The number of unbranched alkanes of at least 4 members (excludes halogenated alkanes) is 32.